The second-order valence-corrected chi connectivity index (χ2v) is 2.58. The molecule has 4 nitrogen and oxygen atoms in total. The van der Waals surface area contributed by atoms with Gasteiger partial charge in [0.25, 0.3) is 0 Å². The molecule has 0 radical (unpaired) electrons. The molecule has 0 bridgehead atoms. The maximum absolute atomic E-state index is 8.62. The third kappa shape index (κ3) is 2.64. The molecule has 0 aromatic carbocycles. The van der Waals surface area contributed by atoms with Crippen LogP contribution in [0.1, 0.15) is 5.56 Å². The normalized spacial score (nSPS) is 10.5. The standard InChI is InChI=1S/C8H14N2O2/c1-12-5-2-8-6-9-10(7-8)3-4-11/h6-7,11H,2-5H2,1H3. The molecule has 12 heavy (non-hydrogen) atoms. The van der Waals surface area contributed by atoms with Gasteiger partial charge < -0.3 is 9.84 Å². The highest BCUT2D eigenvalue weighted by atomic mass is 16.5. The van der Waals surface area contributed by atoms with E-state index in [-0.39, 0.29) is 6.61 Å². The van der Waals surface area contributed by atoms with Crippen molar-refractivity contribution in [2.75, 3.05) is 20.3 Å². The SMILES string of the molecule is COCCc1cnn(CCO)c1. The monoisotopic (exact) mass is 170 g/mol. The molecule has 0 aliphatic rings. The Morgan fingerprint density at radius 2 is 2.50 bits per heavy atom. The Hall–Kier alpha value is -0.870. The Labute approximate surface area is 71.8 Å². The number of aliphatic hydroxyl groups excluding tert-OH is 1. The Bertz CT molecular complexity index is 223. The number of hydrogen-bond donors (Lipinski definition) is 1. The van der Waals surface area contributed by atoms with Gasteiger partial charge >= 0.3 is 0 Å². The average Bonchev–Trinajstić information content (AvgIpc) is 2.50. The molecule has 0 spiro atoms. The number of aliphatic hydroxyl groups is 1. The van der Waals surface area contributed by atoms with Crippen LogP contribution in [0.25, 0.3) is 0 Å². The van der Waals surface area contributed by atoms with Gasteiger partial charge in [-0.05, 0) is 12.0 Å². The fourth-order valence-electron chi connectivity index (χ4n) is 0.980. The summed E-state index contributed by atoms with van der Waals surface area (Å²) < 4.78 is 6.66. The van der Waals surface area contributed by atoms with Gasteiger partial charge in [-0.1, -0.05) is 0 Å². The van der Waals surface area contributed by atoms with Crippen molar-refractivity contribution < 1.29 is 9.84 Å². The van der Waals surface area contributed by atoms with Gasteiger partial charge in [-0.15, -0.1) is 0 Å². The highest BCUT2D eigenvalue weighted by Crippen LogP contribution is 1.98. The topological polar surface area (TPSA) is 47.3 Å². The van der Waals surface area contributed by atoms with Crippen LogP contribution in [-0.2, 0) is 17.7 Å². The number of aromatic nitrogens is 2. The fourth-order valence-corrected chi connectivity index (χ4v) is 0.980. The van der Waals surface area contributed by atoms with Crippen LogP contribution in [0.4, 0.5) is 0 Å². The number of hydrogen-bond acceptors (Lipinski definition) is 3. The average molecular weight is 170 g/mol. The molecule has 68 valence electrons. The van der Waals surface area contributed by atoms with Gasteiger partial charge in [0.2, 0.25) is 0 Å². The van der Waals surface area contributed by atoms with Crippen LogP contribution in [0.3, 0.4) is 0 Å². The maximum Gasteiger partial charge on any atom is 0.0640 e. The summed E-state index contributed by atoms with van der Waals surface area (Å²) in [7, 11) is 1.68. The number of nitrogens with zero attached hydrogens (tertiary/aromatic N) is 2. The maximum atomic E-state index is 8.62. The summed E-state index contributed by atoms with van der Waals surface area (Å²) >= 11 is 0. The first-order chi connectivity index (χ1) is 5.86. The minimum Gasteiger partial charge on any atom is -0.394 e. The zero-order chi connectivity index (χ0) is 8.81. The lowest BCUT2D eigenvalue weighted by Gasteiger charge is -1.95. The summed E-state index contributed by atoms with van der Waals surface area (Å²) in [5, 5.41) is 12.7. The van der Waals surface area contributed by atoms with Crippen molar-refractivity contribution in [2.24, 2.45) is 0 Å². The third-order valence-electron chi connectivity index (χ3n) is 1.61. The summed E-state index contributed by atoms with van der Waals surface area (Å²) in [6.07, 6.45) is 4.60. The molecule has 1 rings (SSSR count). The Morgan fingerprint density at radius 3 is 3.17 bits per heavy atom. The molecule has 0 atom stereocenters. The third-order valence-corrected chi connectivity index (χ3v) is 1.61. The van der Waals surface area contributed by atoms with E-state index < -0.39 is 0 Å². The highest BCUT2D eigenvalue weighted by molar-refractivity contribution is 5.03. The highest BCUT2D eigenvalue weighted by Gasteiger charge is 1.96. The summed E-state index contributed by atoms with van der Waals surface area (Å²) in [5.41, 5.74) is 1.14. The number of methoxy groups -OCH3 is 1. The largest absolute Gasteiger partial charge is 0.394 e. The lowest BCUT2D eigenvalue weighted by Crippen LogP contribution is -2.01. The lowest BCUT2D eigenvalue weighted by molar-refractivity contribution is 0.202. The van der Waals surface area contributed by atoms with E-state index in [9.17, 15) is 0 Å². The van der Waals surface area contributed by atoms with Crippen LogP contribution >= 0.6 is 0 Å². The van der Waals surface area contributed by atoms with Crippen LogP contribution in [0.5, 0.6) is 0 Å². The Morgan fingerprint density at radius 1 is 1.67 bits per heavy atom. The molecule has 0 amide bonds. The number of rotatable bonds is 5. The van der Waals surface area contributed by atoms with Crippen LogP contribution in [0.15, 0.2) is 12.4 Å². The van der Waals surface area contributed by atoms with Crippen molar-refractivity contribution in [1.82, 2.24) is 9.78 Å². The summed E-state index contributed by atoms with van der Waals surface area (Å²) in [6, 6.07) is 0. The molecule has 1 aromatic heterocycles. The number of ether oxygens (including phenoxy) is 1. The van der Waals surface area contributed by atoms with Gasteiger partial charge in [-0.3, -0.25) is 4.68 Å². The molecule has 0 saturated heterocycles. The van der Waals surface area contributed by atoms with E-state index in [0.29, 0.717) is 13.2 Å². The minimum atomic E-state index is 0.130. The van der Waals surface area contributed by atoms with E-state index in [1.807, 2.05) is 6.20 Å². The molecule has 0 fully saturated rings. The van der Waals surface area contributed by atoms with Crippen molar-refractivity contribution in [3.8, 4) is 0 Å². The Kier molecular flexibility index (Phi) is 3.76. The quantitative estimate of drug-likeness (QED) is 0.680. The van der Waals surface area contributed by atoms with Gasteiger partial charge in [0.05, 0.1) is 26.0 Å². The molecule has 4 heteroatoms. The second kappa shape index (κ2) is 4.90. The first-order valence-electron chi connectivity index (χ1n) is 3.98. The zero-order valence-electron chi connectivity index (χ0n) is 7.23. The molecule has 0 aliphatic heterocycles. The first kappa shape index (κ1) is 9.22. The predicted molar refractivity (Wildman–Crippen MR) is 44.9 cm³/mol. The second-order valence-electron chi connectivity index (χ2n) is 2.58. The molecule has 0 unspecified atom stereocenters. The van der Waals surface area contributed by atoms with Gasteiger partial charge in [0.15, 0.2) is 0 Å². The Balaban J connectivity index is 2.41. The van der Waals surface area contributed by atoms with Crippen LogP contribution < -0.4 is 0 Å². The minimum absolute atomic E-state index is 0.130. The zero-order valence-corrected chi connectivity index (χ0v) is 7.23. The first-order valence-corrected chi connectivity index (χ1v) is 3.98. The van der Waals surface area contributed by atoms with Gasteiger partial charge in [0, 0.05) is 13.3 Å². The fraction of sp³-hybridized carbons (Fsp3) is 0.625. The van der Waals surface area contributed by atoms with E-state index in [0.717, 1.165) is 12.0 Å². The van der Waals surface area contributed by atoms with E-state index in [4.69, 9.17) is 9.84 Å². The van der Waals surface area contributed by atoms with E-state index in [1.165, 1.54) is 0 Å². The van der Waals surface area contributed by atoms with Gasteiger partial charge in [-0.2, -0.15) is 5.10 Å². The molecule has 1 N–H and O–H groups in total. The van der Waals surface area contributed by atoms with Gasteiger partial charge in [0.1, 0.15) is 0 Å². The smallest absolute Gasteiger partial charge is 0.0640 e. The van der Waals surface area contributed by atoms with Crippen molar-refractivity contribution in [2.45, 2.75) is 13.0 Å². The van der Waals surface area contributed by atoms with E-state index in [1.54, 1.807) is 18.0 Å². The van der Waals surface area contributed by atoms with Crippen molar-refractivity contribution in [3.63, 3.8) is 0 Å². The summed E-state index contributed by atoms with van der Waals surface area (Å²) in [5.74, 6) is 0. The molecule has 0 aliphatic carbocycles. The molecular formula is C8H14N2O2. The lowest BCUT2D eigenvalue weighted by atomic mass is 10.3. The summed E-state index contributed by atoms with van der Waals surface area (Å²) in [4.78, 5) is 0. The van der Waals surface area contributed by atoms with Crippen LogP contribution in [-0.4, -0.2) is 35.2 Å². The predicted octanol–water partition coefficient (Wildman–Crippen LogP) is 0.0643. The van der Waals surface area contributed by atoms with Crippen molar-refractivity contribution in [1.29, 1.82) is 0 Å². The summed E-state index contributed by atoms with van der Waals surface area (Å²) in [6.45, 7) is 1.41. The molecule has 1 heterocycles. The van der Waals surface area contributed by atoms with Gasteiger partial charge in [-0.25, -0.2) is 0 Å². The molecule has 1 aromatic rings. The van der Waals surface area contributed by atoms with E-state index >= 15 is 0 Å². The molecular weight excluding hydrogens is 156 g/mol. The van der Waals surface area contributed by atoms with Crippen LogP contribution in [0.2, 0.25) is 0 Å². The van der Waals surface area contributed by atoms with Crippen molar-refractivity contribution >= 4 is 0 Å². The van der Waals surface area contributed by atoms with Crippen molar-refractivity contribution in [3.05, 3.63) is 18.0 Å². The molecule has 0 saturated carbocycles. The van der Waals surface area contributed by atoms with E-state index in [2.05, 4.69) is 5.10 Å². The van der Waals surface area contributed by atoms with Crippen LogP contribution in [0, 0.1) is 0 Å².